The van der Waals surface area contributed by atoms with Gasteiger partial charge in [-0.15, -0.1) is 0 Å². The fraction of sp³-hybridized carbons (Fsp3) is 0.111. The van der Waals surface area contributed by atoms with Gasteiger partial charge in [-0.1, -0.05) is 6.07 Å². The van der Waals surface area contributed by atoms with E-state index in [4.69, 9.17) is 0 Å². The molecule has 0 aliphatic heterocycles. The van der Waals surface area contributed by atoms with Crippen molar-refractivity contribution in [3.05, 3.63) is 29.7 Å². The lowest BCUT2D eigenvalue weighted by atomic mass is 10.2. The summed E-state index contributed by atoms with van der Waals surface area (Å²) in [6.07, 6.45) is 0. The molecule has 0 aliphatic rings. The van der Waals surface area contributed by atoms with Crippen LogP contribution in [0.2, 0.25) is 0 Å². The van der Waals surface area contributed by atoms with Gasteiger partial charge in [0.1, 0.15) is 5.82 Å². The maximum Gasteiger partial charge on any atom is 0.356 e. The number of hydrogen-bond acceptors (Lipinski definition) is 3. The van der Waals surface area contributed by atoms with Crippen LogP contribution in [0.3, 0.4) is 0 Å². The molecule has 2 rings (SSSR count). The van der Waals surface area contributed by atoms with E-state index in [-0.39, 0.29) is 11.1 Å². The van der Waals surface area contributed by atoms with Gasteiger partial charge in [0.15, 0.2) is 5.69 Å². The molecule has 0 saturated carbocycles. The number of carbonyl (C=O) groups is 1. The van der Waals surface area contributed by atoms with Gasteiger partial charge >= 0.3 is 5.97 Å². The quantitative estimate of drug-likeness (QED) is 0.699. The summed E-state index contributed by atoms with van der Waals surface area (Å²) >= 11 is 0. The zero-order valence-electron chi connectivity index (χ0n) is 7.37. The molecule has 1 heterocycles. The van der Waals surface area contributed by atoms with Gasteiger partial charge in [0.05, 0.1) is 18.0 Å². The highest BCUT2D eigenvalue weighted by Crippen LogP contribution is 2.19. The van der Waals surface area contributed by atoms with Gasteiger partial charge in [-0.2, -0.15) is 5.10 Å². The molecule has 1 aromatic heterocycles. The number of methoxy groups -OCH3 is 1. The molecule has 0 atom stereocenters. The Morgan fingerprint density at radius 3 is 3.07 bits per heavy atom. The summed E-state index contributed by atoms with van der Waals surface area (Å²) in [4.78, 5) is 11.2. The van der Waals surface area contributed by atoms with Gasteiger partial charge in [0, 0.05) is 0 Å². The largest absolute Gasteiger partial charge is 0.464 e. The highest BCUT2D eigenvalue weighted by Gasteiger charge is 2.16. The number of fused-ring (bicyclic) bond motifs is 1. The molecule has 0 radical (unpaired) electrons. The summed E-state index contributed by atoms with van der Waals surface area (Å²) in [5, 5.41) is 6.39. The van der Waals surface area contributed by atoms with Crippen molar-refractivity contribution in [1.82, 2.24) is 10.2 Å². The second-order valence-electron chi connectivity index (χ2n) is 2.72. The number of halogens is 1. The fourth-order valence-corrected chi connectivity index (χ4v) is 1.28. The summed E-state index contributed by atoms with van der Waals surface area (Å²) in [7, 11) is 1.23. The van der Waals surface area contributed by atoms with Gasteiger partial charge in [-0.05, 0) is 12.1 Å². The minimum Gasteiger partial charge on any atom is -0.464 e. The SMILES string of the molecule is COC(=O)c1[nH]nc2cccc(F)c12. The Hall–Kier alpha value is -1.91. The number of nitrogens with zero attached hydrogens (tertiary/aromatic N) is 1. The van der Waals surface area contributed by atoms with Crippen molar-refractivity contribution in [1.29, 1.82) is 0 Å². The molecule has 1 aromatic carbocycles. The monoisotopic (exact) mass is 194 g/mol. The number of aromatic amines is 1. The normalized spacial score (nSPS) is 10.4. The van der Waals surface area contributed by atoms with Crippen LogP contribution in [0.1, 0.15) is 10.5 Å². The topological polar surface area (TPSA) is 55.0 Å². The maximum absolute atomic E-state index is 13.3. The fourth-order valence-electron chi connectivity index (χ4n) is 1.28. The number of hydrogen-bond donors (Lipinski definition) is 1. The molecule has 1 N–H and O–H groups in total. The number of benzene rings is 1. The molecule has 0 unspecified atom stereocenters. The van der Waals surface area contributed by atoms with E-state index in [2.05, 4.69) is 14.9 Å². The molecular formula is C9H7FN2O2. The molecule has 14 heavy (non-hydrogen) atoms. The molecule has 0 spiro atoms. The highest BCUT2D eigenvalue weighted by molar-refractivity contribution is 6.01. The third-order valence-corrected chi connectivity index (χ3v) is 1.92. The predicted molar refractivity (Wildman–Crippen MR) is 47.4 cm³/mol. The molecule has 0 bridgehead atoms. The van der Waals surface area contributed by atoms with Crippen LogP contribution >= 0.6 is 0 Å². The van der Waals surface area contributed by atoms with Crippen molar-refractivity contribution < 1.29 is 13.9 Å². The van der Waals surface area contributed by atoms with Crippen molar-refractivity contribution in [3.63, 3.8) is 0 Å². The van der Waals surface area contributed by atoms with Gasteiger partial charge in [0.2, 0.25) is 0 Å². The summed E-state index contributed by atoms with van der Waals surface area (Å²) in [6.45, 7) is 0. The molecule has 2 aromatic rings. The molecule has 0 fully saturated rings. The first kappa shape index (κ1) is 8.68. The number of carbonyl (C=O) groups excluding carboxylic acids is 1. The minimum atomic E-state index is -0.627. The van der Waals surface area contributed by atoms with Crippen LogP contribution in [0.4, 0.5) is 4.39 Å². The van der Waals surface area contributed by atoms with Crippen LogP contribution in [0.15, 0.2) is 18.2 Å². The maximum atomic E-state index is 13.3. The first-order valence-electron chi connectivity index (χ1n) is 3.95. The number of ether oxygens (including phenoxy) is 1. The molecule has 72 valence electrons. The molecule has 0 aliphatic carbocycles. The molecule has 5 heteroatoms. The Kier molecular flexibility index (Phi) is 1.92. The number of rotatable bonds is 1. The number of H-pyrrole nitrogens is 1. The number of aromatic nitrogens is 2. The molecule has 4 nitrogen and oxygen atoms in total. The number of esters is 1. The lowest BCUT2D eigenvalue weighted by molar-refractivity contribution is 0.0596. The lowest BCUT2D eigenvalue weighted by Crippen LogP contribution is -2.02. The van der Waals surface area contributed by atoms with Crippen LogP contribution in [-0.4, -0.2) is 23.3 Å². The Bertz CT molecular complexity index is 493. The molecule has 0 amide bonds. The Labute approximate surface area is 78.7 Å². The zero-order valence-corrected chi connectivity index (χ0v) is 7.37. The average Bonchev–Trinajstić information content (AvgIpc) is 2.62. The average molecular weight is 194 g/mol. The molecular weight excluding hydrogens is 187 g/mol. The van der Waals surface area contributed by atoms with Crippen molar-refractivity contribution in [2.75, 3.05) is 7.11 Å². The van der Waals surface area contributed by atoms with Crippen LogP contribution in [0, 0.1) is 5.82 Å². The van der Waals surface area contributed by atoms with Crippen molar-refractivity contribution >= 4 is 16.9 Å². The van der Waals surface area contributed by atoms with Gasteiger partial charge < -0.3 is 4.74 Å². The Morgan fingerprint density at radius 1 is 1.57 bits per heavy atom. The highest BCUT2D eigenvalue weighted by atomic mass is 19.1. The second kappa shape index (κ2) is 3.10. The number of nitrogens with one attached hydrogen (secondary N) is 1. The summed E-state index contributed by atoms with van der Waals surface area (Å²) in [5.74, 6) is -1.12. The molecule has 0 saturated heterocycles. The van der Waals surface area contributed by atoms with E-state index < -0.39 is 11.8 Å². The third kappa shape index (κ3) is 1.14. The standard InChI is InChI=1S/C9H7FN2O2/c1-14-9(13)8-7-5(10)3-2-4-6(7)11-12-8/h2-4H,1H3,(H,11,12). The first-order valence-corrected chi connectivity index (χ1v) is 3.95. The van der Waals surface area contributed by atoms with Gasteiger partial charge in [0.25, 0.3) is 0 Å². The smallest absolute Gasteiger partial charge is 0.356 e. The predicted octanol–water partition coefficient (Wildman–Crippen LogP) is 1.49. The Balaban J connectivity index is 2.73. The van der Waals surface area contributed by atoms with Gasteiger partial charge in [-0.25, -0.2) is 9.18 Å². The van der Waals surface area contributed by atoms with E-state index in [1.165, 1.54) is 19.2 Å². The summed E-state index contributed by atoms with van der Waals surface area (Å²) in [5.41, 5.74) is 0.450. The van der Waals surface area contributed by atoms with E-state index in [0.717, 1.165) is 0 Å². The van der Waals surface area contributed by atoms with Gasteiger partial charge in [-0.3, -0.25) is 5.10 Å². The van der Waals surface area contributed by atoms with E-state index in [9.17, 15) is 9.18 Å². The van der Waals surface area contributed by atoms with E-state index in [1.807, 2.05) is 0 Å². The van der Waals surface area contributed by atoms with E-state index in [0.29, 0.717) is 5.52 Å². The summed E-state index contributed by atoms with van der Waals surface area (Å²) in [6, 6.07) is 4.41. The zero-order chi connectivity index (χ0) is 10.1. The minimum absolute atomic E-state index is 0.0422. The van der Waals surface area contributed by atoms with Crippen LogP contribution in [0.5, 0.6) is 0 Å². The summed E-state index contributed by atoms with van der Waals surface area (Å²) < 4.78 is 17.8. The van der Waals surface area contributed by atoms with Crippen LogP contribution < -0.4 is 0 Å². The first-order chi connectivity index (χ1) is 6.74. The van der Waals surface area contributed by atoms with E-state index >= 15 is 0 Å². The second-order valence-corrected chi connectivity index (χ2v) is 2.72. The van der Waals surface area contributed by atoms with Crippen molar-refractivity contribution in [2.24, 2.45) is 0 Å². The van der Waals surface area contributed by atoms with Crippen molar-refractivity contribution in [2.45, 2.75) is 0 Å². The van der Waals surface area contributed by atoms with Crippen LogP contribution in [0.25, 0.3) is 10.9 Å². The van der Waals surface area contributed by atoms with Crippen LogP contribution in [-0.2, 0) is 4.74 Å². The third-order valence-electron chi connectivity index (χ3n) is 1.92. The van der Waals surface area contributed by atoms with E-state index in [1.54, 1.807) is 6.07 Å². The van der Waals surface area contributed by atoms with Crippen molar-refractivity contribution in [3.8, 4) is 0 Å². The lowest BCUT2D eigenvalue weighted by Gasteiger charge is -1.95. The Morgan fingerprint density at radius 2 is 2.36 bits per heavy atom.